The van der Waals surface area contributed by atoms with Gasteiger partial charge in [-0.15, -0.1) is 11.8 Å². The molecular formula is C15H16FNO3S. The highest BCUT2D eigenvalue weighted by atomic mass is 32.2. The van der Waals surface area contributed by atoms with Crippen LogP contribution in [0.25, 0.3) is 6.08 Å². The zero-order valence-electron chi connectivity index (χ0n) is 11.3. The van der Waals surface area contributed by atoms with Gasteiger partial charge in [-0.25, -0.2) is 9.18 Å². The van der Waals surface area contributed by atoms with Crippen LogP contribution in [0.4, 0.5) is 4.39 Å². The topological polar surface area (TPSA) is 66.4 Å². The minimum atomic E-state index is -1.06. The lowest BCUT2D eigenvalue weighted by atomic mass is 10.1. The first kappa shape index (κ1) is 15.6. The second-order valence-electron chi connectivity index (χ2n) is 4.74. The van der Waals surface area contributed by atoms with E-state index in [1.807, 2.05) is 0 Å². The van der Waals surface area contributed by atoms with E-state index in [1.54, 1.807) is 11.8 Å². The summed E-state index contributed by atoms with van der Waals surface area (Å²) in [6.07, 6.45) is 4.28. The quantitative estimate of drug-likeness (QED) is 0.820. The Kier molecular flexibility index (Phi) is 5.38. The number of halogens is 1. The van der Waals surface area contributed by atoms with Crippen LogP contribution in [0, 0.1) is 5.82 Å². The molecule has 1 heterocycles. The first-order valence-corrected chi connectivity index (χ1v) is 7.70. The molecule has 0 aliphatic carbocycles. The largest absolute Gasteiger partial charge is 0.478 e. The van der Waals surface area contributed by atoms with E-state index < -0.39 is 11.8 Å². The van der Waals surface area contributed by atoms with Crippen molar-refractivity contribution in [3.8, 4) is 0 Å². The zero-order valence-corrected chi connectivity index (χ0v) is 12.2. The Morgan fingerprint density at radius 1 is 1.48 bits per heavy atom. The molecule has 0 spiro atoms. The highest BCUT2D eigenvalue weighted by Crippen LogP contribution is 2.26. The van der Waals surface area contributed by atoms with Crippen molar-refractivity contribution < 1.29 is 19.1 Å². The maximum absolute atomic E-state index is 13.7. The monoisotopic (exact) mass is 309 g/mol. The SMILES string of the molecule is O=C(O)C=Cc1ccc(F)c(CNC(=O)C2CCCS2)c1. The van der Waals surface area contributed by atoms with Crippen molar-refractivity contribution >= 4 is 29.7 Å². The van der Waals surface area contributed by atoms with E-state index in [0.29, 0.717) is 11.1 Å². The number of nitrogens with one attached hydrogen (secondary N) is 1. The van der Waals surface area contributed by atoms with Crippen LogP contribution in [0.15, 0.2) is 24.3 Å². The van der Waals surface area contributed by atoms with Gasteiger partial charge in [-0.2, -0.15) is 0 Å². The number of rotatable bonds is 5. The van der Waals surface area contributed by atoms with Gasteiger partial charge >= 0.3 is 5.97 Å². The molecule has 1 amide bonds. The van der Waals surface area contributed by atoms with Crippen LogP contribution >= 0.6 is 11.8 Å². The van der Waals surface area contributed by atoms with Crippen molar-refractivity contribution in [2.75, 3.05) is 5.75 Å². The predicted octanol–water partition coefficient (Wildman–Crippen LogP) is 2.44. The van der Waals surface area contributed by atoms with Gasteiger partial charge in [0.15, 0.2) is 0 Å². The molecule has 1 unspecified atom stereocenters. The number of carboxylic acids is 1. The molecule has 0 saturated carbocycles. The van der Waals surface area contributed by atoms with Crippen molar-refractivity contribution in [1.82, 2.24) is 5.32 Å². The fraction of sp³-hybridized carbons (Fsp3) is 0.333. The van der Waals surface area contributed by atoms with E-state index in [1.165, 1.54) is 24.3 Å². The predicted molar refractivity (Wildman–Crippen MR) is 80.4 cm³/mol. The van der Waals surface area contributed by atoms with Crippen molar-refractivity contribution in [1.29, 1.82) is 0 Å². The van der Waals surface area contributed by atoms with E-state index in [0.717, 1.165) is 24.7 Å². The summed E-state index contributed by atoms with van der Waals surface area (Å²) in [7, 11) is 0. The highest BCUT2D eigenvalue weighted by molar-refractivity contribution is 8.00. The molecular weight excluding hydrogens is 293 g/mol. The third kappa shape index (κ3) is 4.60. The van der Waals surface area contributed by atoms with E-state index in [9.17, 15) is 14.0 Å². The third-order valence-electron chi connectivity index (χ3n) is 3.16. The molecule has 112 valence electrons. The molecule has 0 radical (unpaired) electrons. The maximum Gasteiger partial charge on any atom is 0.328 e. The Bertz CT molecular complexity index is 568. The van der Waals surface area contributed by atoms with Crippen LogP contribution in [-0.2, 0) is 16.1 Å². The second-order valence-corrected chi connectivity index (χ2v) is 6.05. The van der Waals surface area contributed by atoms with Gasteiger partial charge in [0.1, 0.15) is 5.82 Å². The summed E-state index contributed by atoms with van der Waals surface area (Å²) >= 11 is 1.62. The molecule has 2 N–H and O–H groups in total. The molecule has 4 nitrogen and oxygen atoms in total. The van der Waals surface area contributed by atoms with Gasteiger partial charge in [0.05, 0.1) is 5.25 Å². The van der Waals surface area contributed by atoms with Crippen molar-refractivity contribution in [3.63, 3.8) is 0 Å². The molecule has 1 aliphatic heterocycles. The smallest absolute Gasteiger partial charge is 0.328 e. The Labute approximate surface area is 126 Å². The van der Waals surface area contributed by atoms with Gasteiger partial charge in [-0.1, -0.05) is 6.07 Å². The van der Waals surface area contributed by atoms with E-state index in [4.69, 9.17) is 5.11 Å². The first-order valence-electron chi connectivity index (χ1n) is 6.65. The Balaban J connectivity index is 1.99. The number of amides is 1. The molecule has 1 fully saturated rings. The van der Waals surface area contributed by atoms with E-state index in [2.05, 4.69) is 5.32 Å². The summed E-state index contributed by atoms with van der Waals surface area (Å²) in [4.78, 5) is 22.4. The average molecular weight is 309 g/mol. The Morgan fingerprint density at radius 3 is 2.95 bits per heavy atom. The van der Waals surface area contributed by atoms with Gasteiger partial charge < -0.3 is 10.4 Å². The summed E-state index contributed by atoms with van der Waals surface area (Å²) in [6.45, 7) is 0.108. The molecule has 0 bridgehead atoms. The standard InChI is InChI=1S/C15H16FNO3S/c16-12-5-3-10(4-6-14(18)19)8-11(12)9-17-15(20)13-2-1-7-21-13/h3-6,8,13H,1-2,7,9H2,(H,17,20)(H,18,19). The molecule has 1 aromatic carbocycles. The summed E-state index contributed by atoms with van der Waals surface area (Å²) in [6, 6.07) is 4.30. The van der Waals surface area contributed by atoms with Gasteiger partial charge in [-0.05, 0) is 42.4 Å². The molecule has 1 aromatic rings. The van der Waals surface area contributed by atoms with Crippen LogP contribution in [0.1, 0.15) is 24.0 Å². The lowest BCUT2D eigenvalue weighted by molar-refractivity contribution is -0.131. The number of thioether (sulfide) groups is 1. The molecule has 21 heavy (non-hydrogen) atoms. The number of carboxylic acid groups (broad SMARTS) is 1. The highest BCUT2D eigenvalue weighted by Gasteiger charge is 2.23. The summed E-state index contributed by atoms with van der Waals surface area (Å²) in [5.74, 6) is -0.556. The van der Waals surface area contributed by atoms with Crippen molar-refractivity contribution in [3.05, 3.63) is 41.2 Å². The number of carbonyl (C=O) groups is 2. The second kappa shape index (κ2) is 7.26. The lowest BCUT2D eigenvalue weighted by Crippen LogP contribution is -2.31. The molecule has 1 aliphatic rings. The number of hydrogen-bond acceptors (Lipinski definition) is 3. The molecule has 0 aromatic heterocycles. The van der Waals surface area contributed by atoms with Crippen LogP contribution in [0.5, 0.6) is 0 Å². The van der Waals surface area contributed by atoms with Crippen LogP contribution in [0.2, 0.25) is 0 Å². The normalized spacial score (nSPS) is 18.0. The maximum atomic E-state index is 13.7. The average Bonchev–Trinajstić information content (AvgIpc) is 2.98. The lowest BCUT2D eigenvalue weighted by Gasteiger charge is -2.11. The van der Waals surface area contributed by atoms with Crippen LogP contribution in [-0.4, -0.2) is 28.0 Å². The summed E-state index contributed by atoms with van der Waals surface area (Å²) in [5, 5.41) is 11.3. The zero-order chi connectivity index (χ0) is 15.2. The molecule has 2 rings (SSSR count). The molecule has 1 saturated heterocycles. The molecule has 1 atom stereocenters. The minimum Gasteiger partial charge on any atom is -0.478 e. The number of carbonyl (C=O) groups excluding carboxylic acids is 1. The van der Waals surface area contributed by atoms with Crippen LogP contribution in [0.3, 0.4) is 0 Å². The Hall–Kier alpha value is -1.82. The van der Waals surface area contributed by atoms with Crippen molar-refractivity contribution in [2.45, 2.75) is 24.6 Å². The summed E-state index contributed by atoms with van der Waals surface area (Å²) < 4.78 is 13.7. The Morgan fingerprint density at radius 2 is 2.29 bits per heavy atom. The fourth-order valence-electron chi connectivity index (χ4n) is 2.08. The summed E-state index contributed by atoms with van der Waals surface area (Å²) in [5.41, 5.74) is 0.928. The van der Waals surface area contributed by atoms with E-state index >= 15 is 0 Å². The van der Waals surface area contributed by atoms with Crippen molar-refractivity contribution in [2.24, 2.45) is 0 Å². The first-order chi connectivity index (χ1) is 10.1. The number of aliphatic carboxylic acids is 1. The van der Waals surface area contributed by atoms with Gasteiger partial charge in [0.25, 0.3) is 0 Å². The van der Waals surface area contributed by atoms with Crippen LogP contribution < -0.4 is 5.32 Å². The van der Waals surface area contributed by atoms with Gasteiger partial charge in [0.2, 0.25) is 5.91 Å². The van der Waals surface area contributed by atoms with E-state index in [-0.39, 0.29) is 17.7 Å². The third-order valence-corrected chi connectivity index (χ3v) is 4.54. The number of benzene rings is 1. The van der Waals surface area contributed by atoms with Gasteiger partial charge in [-0.3, -0.25) is 4.79 Å². The molecule has 6 heteroatoms. The minimum absolute atomic E-state index is 0.0387. The number of hydrogen-bond donors (Lipinski definition) is 2. The van der Waals surface area contributed by atoms with Gasteiger partial charge in [0, 0.05) is 18.2 Å². The fourth-order valence-corrected chi connectivity index (χ4v) is 3.27.